The van der Waals surface area contributed by atoms with Crippen molar-refractivity contribution in [3.63, 3.8) is 0 Å². The first kappa shape index (κ1) is 21.2. The minimum Gasteiger partial charge on any atom is -0.357 e. The molecule has 1 heterocycles. The average molecular weight is 465 g/mol. The van der Waals surface area contributed by atoms with E-state index in [2.05, 4.69) is 27.3 Å². The van der Waals surface area contributed by atoms with Crippen molar-refractivity contribution in [3.8, 4) is 0 Å². The highest BCUT2D eigenvalue weighted by atomic mass is 127. The third kappa shape index (κ3) is 5.34. The van der Waals surface area contributed by atoms with Crippen molar-refractivity contribution in [3.05, 3.63) is 35.9 Å². The van der Waals surface area contributed by atoms with E-state index in [0.29, 0.717) is 19.6 Å². The summed E-state index contributed by atoms with van der Waals surface area (Å²) in [5, 5.41) is 3.28. The Morgan fingerprint density at radius 1 is 1.29 bits per heavy atom. The van der Waals surface area contributed by atoms with Gasteiger partial charge in [0.05, 0.1) is 10.5 Å². The second kappa shape index (κ2) is 9.03. The zero-order valence-corrected chi connectivity index (χ0v) is 17.8. The number of halogens is 1. The molecule has 1 fully saturated rings. The predicted octanol–water partition coefficient (Wildman–Crippen LogP) is 2.32. The first-order chi connectivity index (χ1) is 10.9. The van der Waals surface area contributed by atoms with Gasteiger partial charge in [0.15, 0.2) is 15.8 Å². The van der Waals surface area contributed by atoms with Gasteiger partial charge in [0.25, 0.3) is 0 Å². The second-order valence-corrected chi connectivity index (χ2v) is 9.21. The monoisotopic (exact) mass is 465 g/mol. The van der Waals surface area contributed by atoms with E-state index in [0.717, 1.165) is 18.9 Å². The smallest absolute Gasteiger partial charge is 0.194 e. The van der Waals surface area contributed by atoms with Crippen molar-refractivity contribution < 1.29 is 8.42 Å². The Kier molecular flexibility index (Phi) is 7.98. The average Bonchev–Trinajstić information content (AvgIpc) is 2.50. The molecule has 0 aromatic heterocycles. The van der Waals surface area contributed by atoms with E-state index in [1.165, 1.54) is 5.56 Å². The third-order valence-electron chi connectivity index (χ3n) is 4.18. The molecule has 0 bridgehead atoms. The maximum absolute atomic E-state index is 12.1. The summed E-state index contributed by atoms with van der Waals surface area (Å²) in [6.45, 7) is 8.06. The highest BCUT2D eigenvalue weighted by molar-refractivity contribution is 14.0. The van der Waals surface area contributed by atoms with Gasteiger partial charge in [-0.25, -0.2) is 8.42 Å². The Morgan fingerprint density at radius 2 is 1.96 bits per heavy atom. The van der Waals surface area contributed by atoms with Gasteiger partial charge >= 0.3 is 0 Å². The lowest BCUT2D eigenvalue weighted by molar-refractivity contribution is 0.353. The highest BCUT2D eigenvalue weighted by Crippen LogP contribution is 2.23. The maximum atomic E-state index is 12.1. The molecule has 1 aromatic rings. The summed E-state index contributed by atoms with van der Waals surface area (Å²) in [6.07, 6.45) is 0.880. The molecule has 0 spiro atoms. The van der Waals surface area contributed by atoms with Crippen molar-refractivity contribution in [2.75, 3.05) is 31.9 Å². The zero-order chi connectivity index (χ0) is 16.9. The molecule has 5 nitrogen and oxygen atoms in total. The first-order valence-electron chi connectivity index (χ1n) is 8.15. The lowest BCUT2D eigenvalue weighted by Gasteiger charge is -2.39. The molecule has 1 aliphatic rings. The summed E-state index contributed by atoms with van der Waals surface area (Å²) >= 11 is 0. The van der Waals surface area contributed by atoms with Crippen LogP contribution in [0, 0.1) is 0 Å². The molecule has 0 unspecified atom stereocenters. The molecule has 0 amide bonds. The number of sulfone groups is 1. The van der Waals surface area contributed by atoms with Crippen molar-refractivity contribution in [1.29, 1.82) is 0 Å². The van der Waals surface area contributed by atoms with Crippen LogP contribution in [-0.4, -0.2) is 56.0 Å². The predicted molar refractivity (Wildman–Crippen MR) is 111 cm³/mol. The number of nitrogens with one attached hydrogen (secondary N) is 1. The number of guanidine groups is 1. The maximum Gasteiger partial charge on any atom is 0.194 e. The number of hydrogen-bond donors (Lipinski definition) is 1. The standard InChI is InChI=1S/C17H27N3O2S.HI/c1-4-18-16(19-11-10-15-8-6-5-7-9-15)20-12-13-23(21,22)17(2,3)14-20;/h5-9H,4,10-14H2,1-3H3,(H,18,19);1H. The Morgan fingerprint density at radius 3 is 2.54 bits per heavy atom. The highest BCUT2D eigenvalue weighted by Gasteiger charge is 2.40. The Hall–Kier alpha value is -0.830. The summed E-state index contributed by atoms with van der Waals surface area (Å²) in [5.74, 6) is 0.995. The van der Waals surface area contributed by atoms with Gasteiger partial charge in [0.1, 0.15) is 0 Å². The van der Waals surface area contributed by atoms with Crippen molar-refractivity contribution in [1.82, 2.24) is 10.2 Å². The Balaban J connectivity index is 0.00000288. The fourth-order valence-electron chi connectivity index (χ4n) is 2.69. The molecule has 1 saturated heterocycles. The first-order valence-corrected chi connectivity index (χ1v) is 9.80. The van der Waals surface area contributed by atoms with Crippen LogP contribution in [0.25, 0.3) is 0 Å². The van der Waals surface area contributed by atoms with Gasteiger partial charge in [-0.2, -0.15) is 0 Å². The molecule has 1 N–H and O–H groups in total. The van der Waals surface area contributed by atoms with E-state index in [-0.39, 0.29) is 29.7 Å². The van der Waals surface area contributed by atoms with Crippen LogP contribution in [0.3, 0.4) is 0 Å². The van der Waals surface area contributed by atoms with Crippen LogP contribution in [0.5, 0.6) is 0 Å². The van der Waals surface area contributed by atoms with Gasteiger partial charge < -0.3 is 10.2 Å². The van der Waals surface area contributed by atoms with Gasteiger partial charge in [-0.1, -0.05) is 30.3 Å². The third-order valence-corrected chi connectivity index (χ3v) is 6.72. The molecule has 0 aliphatic carbocycles. The number of aliphatic imine (C=N–C) groups is 1. The minimum absolute atomic E-state index is 0. The van der Waals surface area contributed by atoms with Gasteiger partial charge in [-0.15, -0.1) is 24.0 Å². The number of hydrogen-bond acceptors (Lipinski definition) is 3. The molecule has 0 radical (unpaired) electrons. The fourth-order valence-corrected chi connectivity index (χ4v) is 4.05. The van der Waals surface area contributed by atoms with Crippen LogP contribution < -0.4 is 5.32 Å². The second-order valence-electron chi connectivity index (χ2n) is 6.47. The van der Waals surface area contributed by atoms with Crippen molar-refractivity contribution >= 4 is 39.8 Å². The van der Waals surface area contributed by atoms with Crippen LogP contribution >= 0.6 is 24.0 Å². The van der Waals surface area contributed by atoms with Crippen molar-refractivity contribution in [2.45, 2.75) is 31.9 Å². The number of benzene rings is 1. The summed E-state index contributed by atoms with van der Waals surface area (Å²) in [6, 6.07) is 10.3. The Bertz CT molecular complexity index is 645. The van der Waals surface area contributed by atoms with Gasteiger partial charge in [-0.3, -0.25) is 4.99 Å². The van der Waals surface area contributed by atoms with E-state index in [9.17, 15) is 8.42 Å². The quantitative estimate of drug-likeness (QED) is 0.421. The van der Waals surface area contributed by atoms with E-state index in [1.54, 1.807) is 13.8 Å². The van der Waals surface area contributed by atoms with Crippen molar-refractivity contribution in [2.24, 2.45) is 4.99 Å². The lowest BCUT2D eigenvalue weighted by atomic mass is 10.1. The summed E-state index contributed by atoms with van der Waals surface area (Å²) in [5.41, 5.74) is 1.26. The van der Waals surface area contributed by atoms with Crippen LogP contribution in [-0.2, 0) is 16.3 Å². The normalized spacial score (nSPS) is 19.5. The van der Waals surface area contributed by atoms with Crippen LogP contribution in [0.15, 0.2) is 35.3 Å². The molecule has 0 atom stereocenters. The van der Waals surface area contributed by atoms with E-state index >= 15 is 0 Å². The summed E-state index contributed by atoms with van der Waals surface area (Å²) < 4.78 is 23.5. The molecule has 2 rings (SSSR count). The van der Waals surface area contributed by atoms with Crippen LogP contribution in [0.2, 0.25) is 0 Å². The summed E-state index contributed by atoms with van der Waals surface area (Å²) in [7, 11) is -3.03. The fraction of sp³-hybridized carbons (Fsp3) is 0.588. The van der Waals surface area contributed by atoms with Gasteiger partial charge in [0.2, 0.25) is 0 Å². The van der Waals surface area contributed by atoms with E-state index < -0.39 is 14.6 Å². The molecule has 24 heavy (non-hydrogen) atoms. The van der Waals surface area contributed by atoms with Gasteiger partial charge in [-0.05, 0) is 32.8 Å². The van der Waals surface area contributed by atoms with Crippen LogP contribution in [0.1, 0.15) is 26.3 Å². The minimum atomic E-state index is -3.03. The topological polar surface area (TPSA) is 61.8 Å². The number of rotatable bonds is 4. The SMILES string of the molecule is CCNC(=NCCc1ccccc1)N1CCS(=O)(=O)C(C)(C)C1.I. The molecule has 7 heteroatoms. The molecule has 1 aliphatic heterocycles. The Labute approximate surface area is 162 Å². The van der Waals surface area contributed by atoms with Gasteiger partial charge in [0, 0.05) is 26.2 Å². The zero-order valence-electron chi connectivity index (χ0n) is 14.7. The largest absolute Gasteiger partial charge is 0.357 e. The molecular formula is C17H28IN3O2S. The molecule has 0 saturated carbocycles. The summed E-state index contributed by atoms with van der Waals surface area (Å²) in [4.78, 5) is 6.75. The lowest BCUT2D eigenvalue weighted by Crippen LogP contribution is -2.57. The van der Waals surface area contributed by atoms with Crippen LogP contribution in [0.4, 0.5) is 0 Å². The molecule has 1 aromatic carbocycles. The van der Waals surface area contributed by atoms with E-state index in [1.807, 2.05) is 25.1 Å². The van der Waals surface area contributed by atoms with E-state index in [4.69, 9.17) is 0 Å². The molecular weight excluding hydrogens is 437 g/mol. The molecule has 136 valence electrons. The number of nitrogens with zero attached hydrogens (tertiary/aromatic N) is 2.